The average molecular weight is 286 g/mol. The predicted molar refractivity (Wildman–Crippen MR) is 80.6 cm³/mol. The van der Waals surface area contributed by atoms with Crippen LogP contribution in [-0.4, -0.2) is 18.2 Å². The number of aromatic hydroxyl groups is 1. The van der Waals surface area contributed by atoms with Crippen molar-refractivity contribution in [3.63, 3.8) is 0 Å². The zero-order chi connectivity index (χ0) is 15.4. The van der Waals surface area contributed by atoms with Crippen LogP contribution in [0, 0.1) is 0 Å². The first-order valence-electron chi connectivity index (χ1n) is 6.87. The third-order valence-electron chi connectivity index (χ3n) is 3.19. The molecule has 21 heavy (non-hydrogen) atoms. The van der Waals surface area contributed by atoms with E-state index in [1.807, 2.05) is 38.1 Å². The lowest BCUT2D eigenvalue weighted by molar-refractivity contribution is 0.0597. The number of methoxy groups -OCH3 is 1. The number of benzene rings is 2. The second-order valence-electron chi connectivity index (χ2n) is 4.30. The van der Waals surface area contributed by atoms with Crippen molar-refractivity contribution < 1.29 is 19.4 Å². The number of phenols is 1. The van der Waals surface area contributed by atoms with E-state index >= 15 is 0 Å². The molecule has 1 N–H and O–H groups in total. The molecular formula is C17H18O4. The van der Waals surface area contributed by atoms with Crippen molar-refractivity contribution in [2.45, 2.75) is 20.5 Å². The molecule has 2 aromatic rings. The summed E-state index contributed by atoms with van der Waals surface area (Å²) >= 11 is 0. The Kier molecular flexibility index (Phi) is 4.48. The van der Waals surface area contributed by atoms with E-state index in [0.29, 0.717) is 12.4 Å². The summed E-state index contributed by atoms with van der Waals surface area (Å²) in [7, 11) is 1.28. The molecule has 0 fully saturated rings. The zero-order valence-electron chi connectivity index (χ0n) is 12.3. The van der Waals surface area contributed by atoms with Crippen molar-refractivity contribution >= 4 is 5.97 Å². The van der Waals surface area contributed by atoms with Gasteiger partial charge in [0.25, 0.3) is 0 Å². The third-order valence-corrected chi connectivity index (χ3v) is 3.19. The van der Waals surface area contributed by atoms with Crippen LogP contribution in [0.1, 0.15) is 29.8 Å². The van der Waals surface area contributed by atoms with Gasteiger partial charge in [0, 0.05) is 11.6 Å². The van der Waals surface area contributed by atoms with E-state index in [4.69, 9.17) is 4.74 Å². The summed E-state index contributed by atoms with van der Waals surface area (Å²) in [6.45, 7) is 4.46. The van der Waals surface area contributed by atoms with Crippen LogP contribution in [0.2, 0.25) is 0 Å². The number of carbonyl (C=O) groups is 1. The maximum atomic E-state index is 11.6. The molecule has 0 saturated heterocycles. The summed E-state index contributed by atoms with van der Waals surface area (Å²) in [4.78, 5) is 11.6. The Hall–Kier alpha value is -2.49. The van der Waals surface area contributed by atoms with E-state index in [2.05, 4.69) is 4.74 Å². The molecule has 2 aromatic carbocycles. The molecule has 4 nitrogen and oxygen atoms in total. The highest BCUT2D eigenvalue weighted by Gasteiger charge is 2.22. The Balaban J connectivity index is 0.000000774. The van der Waals surface area contributed by atoms with E-state index in [9.17, 15) is 9.90 Å². The number of phenolic OH excluding ortho intramolecular Hbond substituents is 1. The molecule has 0 bridgehead atoms. The quantitative estimate of drug-likeness (QED) is 0.811. The van der Waals surface area contributed by atoms with Crippen LogP contribution in [0.15, 0.2) is 36.4 Å². The number of hydrogen-bond acceptors (Lipinski definition) is 4. The fraction of sp³-hybridized carbons (Fsp3) is 0.235. The number of ether oxygens (including phenoxy) is 2. The van der Waals surface area contributed by atoms with E-state index in [1.165, 1.54) is 13.2 Å². The van der Waals surface area contributed by atoms with Gasteiger partial charge in [-0.2, -0.15) is 0 Å². The number of hydrogen-bond donors (Lipinski definition) is 1. The molecule has 4 heteroatoms. The van der Waals surface area contributed by atoms with Gasteiger partial charge in [0.1, 0.15) is 23.7 Å². The highest BCUT2D eigenvalue weighted by atomic mass is 16.5. The molecule has 1 heterocycles. The molecule has 0 amide bonds. The largest absolute Gasteiger partial charge is 0.507 e. The monoisotopic (exact) mass is 286 g/mol. The van der Waals surface area contributed by atoms with E-state index in [-0.39, 0.29) is 11.3 Å². The van der Waals surface area contributed by atoms with Gasteiger partial charge in [-0.15, -0.1) is 0 Å². The minimum Gasteiger partial charge on any atom is -0.507 e. The van der Waals surface area contributed by atoms with Crippen molar-refractivity contribution in [3.05, 3.63) is 47.5 Å². The summed E-state index contributed by atoms with van der Waals surface area (Å²) in [5, 5.41) is 9.84. The minimum absolute atomic E-state index is 0.134. The Morgan fingerprint density at radius 2 is 1.90 bits per heavy atom. The molecule has 0 unspecified atom stereocenters. The third kappa shape index (κ3) is 2.70. The van der Waals surface area contributed by atoms with Crippen LogP contribution in [0.4, 0.5) is 0 Å². The number of fused-ring (bicyclic) bond motifs is 3. The van der Waals surface area contributed by atoms with Crippen LogP contribution in [0.5, 0.6) is 11.5 Å². The molecule has 0 aliphatic carbocycles. The number of rotatable bonds is 1. The normalized spacial score (nSPS) is 11.2. The first-order valence-corrected chi connectivity index (χ1v) is 6.87. The lowest BCUT2D eigenvalue weighted by Crippen LogP contribution is -2.08. The van der Waals surface area contributed by atoms with Gasteiger partial charge in [0.15, 0.2) is 0 Å². The van der Waals surface area contributed by atoms with Gasteiger partial charge in [0.05, 0.1) is 7.11 Å². The molecule has 0 atom stereocenters. The fourth-order valence-corrected chi connectivity index (χ4v) is 2.24. The fourth-order valence-electron chi connectivity index (χ4n) is 2.24. The standard InChI is InChI=1S/C15H12O4.C2H6/c1-18-15(17)12-6-11-10-5-3-2-4-9(10)8-19-14(11)7-13(12)16;1-2/h2-7,16H,8H2,1H3;1-2H3. The average Bonchev–Trinajstić information content (AvgIpc) is 2.55. The van der Waals surface area contributed by atoms with Crippen LogP contribution in [0.3, 0.4) is 0 Å². The lowest BCUT2D eigenvalue weighted by Gasteiger charge is -2.21. The lowest BCUT2D eigenvalue weighted by atomic mass is 9.95. The van der Waals surface area contributed by atoms with Crippen molar-refractivity contribution in [3.8, 4) is 22.6 Å². The van der Waals surface area contributed by atoms with Gasteiger partial charge in [-0.05, 0) is 17.2 Å². The van der Waals surface area contributed by atoms with Crippen molar-refractivity contribution in [2.75, 3.05) is 7.11 Å². The molecule has 3 rings (SSSR count). The molecule has 110 valence electrons. The van der Waals surface area contributed by atoms with Gasteiger partial charge >= 0.3 is 5.97 Å². The molecule has 1 aliphatic rings. The highest BCUT2D eigenvalue weighted by molar-refractivity contribution is 5.95. The van der Waals surface area contributed by atoms with Crippen LogP contribution in [0.25, 0.3) is 11.1 Å². The maximum Gasteiger partial charge on any atom is 0.341 e. The smallest absolute Gasteiger partial charge is 0.341 e. The second kappa shape index (κ2) is 6.31. The van der Waals surface area contributed by atoms with Gasteiger partial charge in [-0.1, -0.05) is 38.1 Å². The molecule has 0 radical (unpaired) electrons. The maximum absolute atomic E-state index is 11.6. The zero-order valence-corrected chi connectivity index (χ0v) is 12.3. The topological polar surface area (TPSA) is 55.8 Å². The Labute approximate surface area is 123 Å². The molecule has 1 aliphatic heterocycles. The van der Waals surface area contributed by atoms with Gasteiger partial charge in [-0.3, -0.25) is 0 Å². The van der Waals surface area contributed by atoms with Crippen molar-refractivity contribution in [2.24, 2.45) is 0 Å². The van der Waals surface area contributed by atoms with Gasteiger partial charge in [-0.25, -0.2) is 4.79 Å². The van der Waals surface area contributed by atoms with Crippen molar-refractivity contribution in [1.29, 1.82) is 0 Å². The Morgan fingerprint density at radius 1 is 1.19 bits per heavy atom. The summed E-state index contributed by atoms with van der Waals surface area (Å²) in [6, 6.07) is 10.9. The SMILES string of the molecule is CC.COC(=O)c1cc2c(cc1O)OCc1ccccc1-2. The van der Waals surface area contributed by atoms with E-state index < -0.39 is 5.97 Å². The van der Waals surface area contributed by atoms with Gasteiger partial charge in [0.2, 0.25) is 0 Å². The summed E-state index contributed by atoms with van der Waals surface area (Å²) < 4.78 is 10.2. The summed E-state index contributed by atoms with van der Waals surface area (Å²) in [5.74, 6) is -0.128. The summed E-state index contributed by atoms with van der Waals surface area (Å²) in [6.07, 6.45) is 0. The first kappa shape index (κ1) is 14.9. The Morgan fingerprint density at radius 3 is 2.62 bits per heavy atom. The first-order chi connectivity index (χ1) is 10.2. The molecule has 0 saturated carbocycles. The molecule has 0 aromatic heterocycles. The van der Waals surface area contributed by atoms with Gasteiger partial charge < -0.3 is 14.6 Å². The van der Waals surface area contributed by atoms with E-state index in [1.54, 1.807) is 6.07 Å². The minimum atomic E-state index is -0.566. The van der Waals surface area contributed by atoms with Crippen LogP contribution >= 0.6 is 0 Å². The van der Waals surface area contributed by atoms with Crippen LogP contribution < -0.4 is 4.74 Å². The predicted octanol–water partition coefficient (Wildman–Crippen LogP) is 3.76. The highest BCUT2D eigenvalue weighted by Crippen LogP contribution is 2.41. The summed E-state index contributed by atoms with van der Waals surface area (Å²) in [5.41, 5.74) is 2.99. The van der Waals surface area contributed by atoms with Crippen LogP contribution in [-0.2, 0) is 11.3 Å². The number of carbonyl (C=O) groups excluding carboxylic acids is 1. The second-order valence-corrected chi connectivity index (χ2v) is 4.30. The molecule has 0 spiro atoms. The number of esters is 1. The Bertz CT molecular complexity index is 662. The van der Waals surface area contributed by atoms with Crippen molar-refractivity contribution in [1.82, 2.24) is 0 Å². The molecular weight excluding hydrogens is 268 g/mol. The van der Waals surface area contributed by atoms with E-state index in [0.717, 1.165) is 16.7 Å².